The van der Waals surface area contributed by atoms with E-state index in [0.717, 1.165) is 0 Å². The molecule has 0 heterocycles. The molecular weight excluding hydrogens is 328 g/mol. The zero-order valence-corrected chi connectivity index (χ0v) is 13.9. The van der Waals surface area contributed by atoms with Crippen molar-refractivity contribution in [1.82, 2.24) is 0 Å². The zero-order valence-electron chi connectivity index (χ0n) is 13.9. The van der Waals surface area contributed by atoms with Gasteiger partial charge in [0.25, 0.3) is 11.6 Å². The number of non-ortho nitro benzene ring substituents is 1. The highest BCUT2D eigenvalue weighted by molar-refractivity contribution is 6.05. The summed E-state index contributed by atoms with van der Waals surface area (Å²) in [4.78, 5) is 22.7. The number of rotatable bonds is 8. The number of benzene rings is 2. The standard InChI is InChI=1S/C17H18N2O6/c1-23-9-10-25-14-6-3-12(4-7-14)17(20)18-15-11-13(19(21)22)5-8-16(15)24-2/h3-8,11H,9-10H2,1-2H3,(H,18,20). The number of hydrogen-bond acceptors (Lipinski definition) is 6. The fourth-order valence-electron chi connectivity index (χ4n) is 2.05. The van der Waals surface area contributed by atoms with Crippen LogP contribution in [0.4, 0.5) is 11.4 Å². The molecule has 0 bridgehead atoms. The van der Waals surface area contributed by atoms with Crippen molar-refractivity contribution in [3.8, 4) is 11.5 Å². The topological polar surface area (TPSA) is 99.9 Å². The van der Waals surface area contributed by atoms with Crippen LogP contribution in [0.25, 0.3) is 0 Å². The number of carbonyl (C=O) groups is 1. The van der Waals surface area contributed by atoms with E-state index in [1.54, 1.807) is 31.4 Å². The molecule has 0 saturated heterocycles. The highest BCUT2D eigenvalue weighted by atomic mass is 16.6. The van der Waals surface area contributed by atoms with Crippen LogP contribution in [0.2, 0.25) is 0 Å². The van der Waals surface area contributed by atoms with Gasteiger partial charge in [0.2, 0.25) is 0 Å². The first-order valence-electron chi connectivity index (χ1n) is 7.40. The fraction of sp³-hybridized carbons (Fsp3) is 0.235. The summed E-state index contributed by atoms with van der Waals surface area (Å²) in [5.41, 5.74) is 0.466. The maximum Gasteiger partial charge on any atom is 0.271 e. The van der Waals surface area contributed by atoms with Crippen molar-refractivity contribution in [3.63, 3.8) is 0 Å². The van der Waals surface area contributed by atoms with Gasteiger partial charge in [0, 0.05) is 24.8 Å². The van der Waals surface area contributed by atoms with Crippen molar-refractivity contribution in [2.75, 3.05) is 32.8 Å². The van der Waals surface area contributed by atoms with Crippen molar-refractivity contribution >= 4 is 17.3 Å². The molecule has 132 valence electrons. The molecule has 8 heteroatoms. The van der Waals surface area contributed by atoms with Crippen LogP contribution in [-0.2, 0) is 4.74 Å². The maximum atomic E-state index is 12.3. The van der Waals surface area contributed by atoms with Crippen LogP contribution in [0.1, 0.15) is 10.4 Å². The number of ether oxygens (including phenoxy) is 3. The first-order valence-corrected chi connectivity index (χ1v) is 7.40. The fourth-order valence-corrected chi connectivity index (χ4v) is 2.05. The number of nitro benzene ring substituents is 1. The molecule has 0 radical (unpaired) electrons. The average Bonchev–Trinajstić information content (AvgIpc) is 2.62. The lowest BCUT2D eigenvalue weighted by molar-refractivity contribution is -0.384. The molecule has 0 aromatic heterocycles. The van der Waals surface area contributed by atoms with E-state index in [1.807, 2.05) is 0 Å². The molecule has 25 heavy (non-hydrogen) atoms. The first kappa shape index (κ1) is 18.2. The van der Waals surface area contributed by atoms with E-state index >= 15 is 0 Å². The van der Waals surface area contributed by atoms with Crippen LogP contribution in [0.5, 0.6) is 11.5 Å². The lowest BCUT2D eigenvalue weighted by Gasteiger charge is -2.10. The Bertz CT molecular complexity index is 745. The minimum absolute atomic E-state index is 0.141. The van der Waals surface area contributed by atoms with Gasteiger partial charge in [0.05, 0.1) is 24.3 Å². The Kier molecular flexibility index (Phi) is 6.30. The molecular formula is C17H18N2O6. The summed E-state index contributed by atoms with van der Waals surface area (Å²) in [6.07, 6.45) is 0. The van der Waals surface area contributed by atoms with Crippen LogP contribution in [0.3, 0.4) is 0 Å². The summed E-state index contributed by atoms with van der Waals surface area (Å²) in [7, 11) is 3.00. The molecule has 0 atom stereocenters. The van der Waals surface area contributed by atoms with Crippen LogP contribution in [-0.4, -0.2) is 38.3 Å². The Morgan fingerprint density at radius 3 is 2.44 bits per heavy atom. The summed E-state index contributed by atoms with van der Waals surface area (Å²) in [5.74, 6) is 0.530. The van der Waals surface area contributed by atoms with Crippen LogP contribution in [0.15, 0.2) is 42.5 Å². The van der Waals surface area contributed by atoms with E-state index in [2.05, 4.69) is 5.32 Å². The van der Waals surface area contributed by atoms with E-state index < -0.39 is 10.8 Å². The van der Waals surface area contributed by atoms with Gasteiger partial charge in [-0.1, -0.05) is 0 Å². The van der Waals surface area contributed by atoms with E-state index in [4.69, 9.17) is 14.2 Å². The number of amides is 1. The Hall–Kier alpha value is -3.13. The van der Waals surface area contributed by atoms with Gasteiger partial charge in [-0.25, -0.2) is 0 Å². The van der Waals surface area contributed by atoms with Gasteiger partial charge in [0.15, 0.2) is 0 Å². The molecule has 1 amide bonds. The molecule has 1 N–H and O–H groups in total. The van der Waals surface area contributed by atoms with E-state index in [1.165, 1.54) is 25.3 Å². The predicted molar refractivity (Wildman–Crippen MR) is 91.4 cm³/mol. The Morgan fingerprint density at radius 1 is 1.12 bits per heavy atom. The second-order valence-electron chi connectivity index (χ2n) is 4.96. The predicted octanol–water partition coefficient (Wildman–Crippen LogP) is 2.88. The monoisotopic (exact) mass is 346 g/mol. The Labute approximate surface area is 144 Å². The third-order valence-corrected chi connectivity index (χ3v) is 3.31. The lowest BCUT2D eigenvalue weighted by atomic mass is 10.2. The molecule has 0 spiro atoms. The number of nitrogens with zero attached hydrogens (tertiary/aromatic N) is 1. The number of hydrogen-bond donors (Lipinski definition) is 1. The second-order valence-corrected chi connectivity index (χ2v) is 4.96. The maximum absolute atomic E-state index is 12.3. The molecule has 2 aromatic rings. The Morgan fingerprint density at radius 2 is 1.84 bits per heavy atom. The molecule has 0 unspecified atom stereocenters. The zero-order chi connectivity index (χ0) is 18.2. The molecule has 2 rings (SSSR count). The molecule has 0 saturated carbocycles. The highest BCUT2D eigenvalue weighted by Crippen LogP contribution is 2.29. The summed E-state index contributed by atoms with van der Waals surface area (Å²) < 4.78 is 15.4. The SMILES string of the molecule is COCCOc1ccc(C(=O)Nc2cc([N+](=O)[O-])ccc2OC)cc1. The van der Waals surface area contributed by atoms with Crippen molar-refractivity contribution in [1.29, 1.82) is 0 Å². The van der Waals surface area contributed by atoms with Crippen molar-refractivity contribution < 1.29 is 23.9 Å². The van der Waals surface area contributed by atoms with Crippen molar-refractivity contribution in [2.45, 2.75) is 0 Å². The first-order chi connectivity index (χ1) is 12.0. The molecule has 0 fully saturated rings. The van der Waals surface area contributed by atoms with Gasteiger partial charge < -0.3 is 19.5 Å². The van der Waals surface area contributed by atoms with Gasteiger partial charge in [-0.05, 0) is 30.3 Å². The van der Waals surface area contributed by atoms with E-state index in [0.29, 0.717) is 30.3 Å². The van der Waals surface area contributed by atoms with Crippen LogP contribution >= 0.6 is 0 Å². The minimum Gasteiger partial charge on any atom is -0.495 e. The molecule has 0 aliphatic heterocycles. The van der Waals surface area contributed by atoms with E-state index in [-0.39, 0.29) is 11.4 Å². The normalized spacial score (nSPS) is 10.2. The van der Waals surface area contributed by atoms with Crippen LogP contribution in [0, 0.1) is 10.1 Å². The summed E-state index contributed by atoms with van der Waals surface area (Å²) >= 11 is 0. The van der Waals surface area contributed by atoms with Crippen LogP contribution < -0.4 is 14.8 Å². The summed E-state index contributed by atoms with van der Waals surface area (Å²) in [6, 6.07) is 10.5. The summed E-state index contributed by atoms with van der Waals surface area (Å²) in [5, 5.41) is 13.5. The number of nitrogens with one attached hydrogen (secondary N) is 1. The van der Waals surface area contributed by atoms with Crippen molar-refractivity contribution in [2.24, 2.45) is 0 Å². The number of carbonyl (C=O) groups excluding carboxylic acids is 1. The average molecular weight is 346 g/mol. The van der Waals surface area contributed by atoms with Gasteiger partial charge in [-0.2, -0.15) is 0 Å². The highest BCUT2D eigenvalue weighted by Gasteiger charge is 2.14. The van der Waals surface area contributed by atoms with Crippen molar-refractivity contribution in [3.05, 3.63) is 58.1 Å². The number of methoxy groups -OCH3 is 2. The van der Waals surface area contributed by atoms with Gasteiger partial charge in [-0.3, -0.25) is 14.9 Å². The molecule has 0 aliphatic carbocycles. The van der Waals surface area contributed by atoms with Gasteiger partial charge in [-0.15, -0.1) is 0 Å². The third kappa shape index (κ3) is 4.92. The molecule has 8 nitrogen and oxygen atoms in total. The minimum atomic E-state index is -0.540. The summed E-state index contributed by atoms with van der Waals surface area (Å²) in [6.45, 7) is 0.877. The Balaban J connectivity index is 2.11. The van der Waals surface area contributed by atoms with Gasteiger partial charge >= 0.3 is 0 Å². The molecule has 2 aromatic carbocycles. The largest absolute Gasteiger partial charge is 0.495 e. The second kappa shape index (κ2) is 8.65. The number of nitro groups is 1. The smallest absolute Gasteiger partial charge is 0.271 e. The third-order valence-electron chi connectivity index (χ3n) is 3.31. The lowest BCUT2D eigenvalue weighted by Crippen LogP contribution is -2.13. The number of anilines is 1. The molecule has 0 aliphatic rings. The quantitative estimate of drug-likeness (QED) is 0.448. The van der Waals surface area contributed by atoms with E-state index in [9.17, 15) is 14.9 Å². The van der Waals surface area contributed by atoms with Gasteiger partial charge in [0.1, 0.15) is 18.1 Å².